The largest absolute Gasteiger partial charge is 0.389 e. The molecule has 1 aliphatic heterocycles. The van der Waals surface area contributed by atoms with Crippen LogP contribution in [0.5, 0.6) is 0 Å². The number of β-amino-alcohol motifs (C(OH)–C–C–N with tert-alkyl or cyclic N) is 2. The standard InChI is InChI=1S/C15H21NO3/c1-3-11-4-6-12(7-5-11)15(19)10(2)16-8-13(17)14(18)9-16/h4-7,10,13-14,17-18H,3,8-9H2,1-2H3. The van der Waals surface area contributed by atoms with Gasteiger partial charge in [-0.3, -0.25) is 9.69 Å². The van der Waals surface area contributed by atoms with Crippen LogP contribution in [0.15, 0.2) is 24.3 Å². The summed E-state index contributed by atoms with van der Waals surface area (Å²) in [5.74, 6) is 0.0314. The molecule has 1 aromatic carbocycles. The van der Waals surface area contributed by atoms with Crippen molar-refractivity contribution in [2.24, 2.45) is 0 Å². The SMILES string of the molecule is CCc1ccc(C(=O)C(C)N2CC(O)C(O)C2)cc1. The Morgan fingerprint density at radius 3 is 2.26 bits per heavy atom. The minimum Gasteiger partial charge on any atom is -0.389 e. The van der Waals surface area contributed by atoms with E-state index in [0.29, 0.717) is 18.7 Å². The molecule has 0 aromatic heterocycles. The quantitative estimate of drug-likeness (QED) is 0.791. The van der Waals surface area contributed by atoms with Crippen LogP contribution in [0, 0.1) is 0 Å². The minimum atomic E-state index is -0.752. The highest BCUT2D eigenvalue weighted by molar-refractivity contribution is 5.99. The molecule has 4 heteroatoms. The maximum absolute atomic E-state index is 12.3. The number of hydrogen-bond donors (Lipinski definition) is 2. The molecule has 1 heterocycles. The molecule has 3 unspecified atom stereocenters. The predicted molar refractivity (Wildman–Crippen MR) is 73.2 cm³/mol. The fraction of sp³-hybridized carbons (Fsp3) is 0.533. The Hall–Kier alpha value is -1.23. The number of hydrogen-bond acceptors (Lipinski definition) is 4. The molecule has 0 spiro atoms. The summed E-state index contributed by atoms with van der Waals surface area (Å²) < 4.78 is 0. The van der Waals surface area contributed by atoms with Crippen molar-refractivity contribution in [1.29, 1.82) is 0 Å². The molecule has 1 fully saturated rings. The molecular formula is C15H21NO3. The van der Waals surface area contributed by atoms with E-state index < -0.39 is 12.2 Å². The van der Waals surface area contributed by atoms with Crippen LogP contribution in [0.3, 0.4) is 0 Å². The molecule has 2 rings (SSSR count). The third kappa shape index (κ3) is 3.03. The zero-order chi connectivity index (χ0) is 14.0. The van der Waals surface area contributed by atoms with Gasteiger partial charge in [0.15, 0.2) is 5.78 Å². The number of carbonyl (C=O) groups is 1. The Kier molecular flexibility index (Phi) is 4.34. The van der Waals surface area contributed by atoms with Crippen molar-refractivity contribution < 1.29 is 15.0 Å². The average Bonchev–Trinajstić information content (AvgIpc) is 2.77. The number of carbonyl (C=O) groups excluding carboxylic acids is 1. The number of aliphatic hydroxyl groups is 2. The average molecular weight is 263 g/mol. The molecule has 0 amide bonds. The van der Waals surface area contributed by atoms with Gasteiger partial charge in [-0.1, -0.05) is 31.2 Å². The van der Waals surface area contributed by atoms with E-state index in [2.05, 4.69) is 6.92 Å². The van der Waals surface area contributed by atoms with E-state index in [-0.39, 0.29) is 11.8 Å². The van der Waals surface area contributed by atoms with Crippen LogP contribution in [0.1, 0.15) is 29.8 Å². The summed E-state index contributed by atoms with van der Waals surface area (Å²) in [6, 6.07) is 7.31. The summed E-state index contributed by atoms with van der Waals surface area (Å²) in [6.07, 6.45) is -0.551. The van der Waals surface area contributed by atoms with Crippen molar-refractivity contribution in [3.8, 4) is 0 Å². The van der Waals surface area contributed by atoms with Crippen LogP contribution in [-0.2, 0) is 6.42 Å². The van der Waals surface area contributed by atoms with Crippen molar-refractivity contribution >= 4 is 5.78 Å². The lowest BCUT2D eigenvalue weighted by Crippen LogP contribution is -2.38. The normalized spacial score (nSPS) is 25.5. The number of aliphatic hydroxyl groups excluding tert-OH is 2. The summed E-state index contributed by atoms with van der Waals surface area (Å²) >= 11 is 0. The molecule has 2 N–H and O–H groups in total. The van der Waals surface area contributed by atoms with Crippen LogP contribution < -0.4 is 0 Å². The van der Waals surface area contributed by atoms with Crippen molar-refractivity contribution in [1.82, 2.24) is 4.90 Å². The number of rotatable bonds is 4. The second-order valence-electron chi connectivity index (χ2n) is 5.18. The molecule has 1 aliphatic rings. The first-order chi connectivity index (χ1) is 9.02. The first kappa shape index (κ1) is 14.2. The molecule has 0 bridgehead atoms. The monoisotopic (exact) mass is 263 g/mol. The molecule has 104 valence electrons. The van der Waals surface area contributed by atoms with E-state index in [0.717, 1.165) is 6.42 Å². The first-order valence-electron chi connectivity index (χ1n) is 6.76. The Balaban J connectivity index is 2.06. The number of aryl methyl sites for hydroxylation is 1. The van der Waals surface area contributed by atoms with E-state index in [1.165, 1.54) is 5.56 Å². The van der Waals surface area contributed by atoms with Gasteiger partial charge in [0.1, 0.15) is 0 Å². The minimum absolute atomic E-state index is 0.0314. The van der Waals surface area contributed by atoms with E-state index in [1.807, 2.05) is 36.1 Å². The first-order valence-corrected chi connectivity index (χ1v) is 6.76. The smallest absolute Gasteiger partial charge is 0.179 e. The third-order valence-corrected chi connectivity index (χ3v) is 3.86. The van der Waals surface area contributed by atoms with Gasteiger partial charge in [-0.15, -0.1) is 0 Å². The number of likely N-dealkylation sites (tertiary alicyclic amines) is 1. The highest BCUT2D eigenvalue weighted by atomic mass is 16.3. The fourth-order valence-corrected chi connectivity index (χ4v) is 2.43. The topological polar surface area (TPSA) is 60.8 Å². The Morgan fingerprint density at radius 2 is 1.79 bits per heavy atom. The van der Waals surface area contributed by atoms with Crippen LogP contribution in [-0.4, -0.2) is 52.2 Å². The van der Waals surface area contributed by atoms with Gasteiger partial charge in [-0.25, -0.2) is 0 Å². The molecule has 0 radical (unpaired) electrons. The summed E-state index contributed by atoms with van der Waals surface area (Å²) in [4.78, 5) is 14.2. The number of ketones is 1. The summed E-state index contributed by atoms with van der Waals surface area (Å²) in [5.41, 5.74) is 1.89. The van der Waals surface area contributed by atoms with Gasteiger partial charge in [0.2, 0.25) is 0 Å². The zero-order valence-electron chi connectivity index (χ0n) is 11.4. The third-order valence-electron chi connectivity index (χ3n) is 3.86. The fourth-order valence-electron chi connectivity index (χ4n) is 2.43. The Morgan fingerprint density at radius 1 is 1.26 bits per heavy atom. The van der Waals surface area contributed by atoms with Crippen LogP contribution in [0.25, 0.3) is 0 Å². The maximum Gasteiger partial charge on any atom is 0.179 e. The van der Waals surface area contributed by atoms with Crippen molar-refractivity contribution in [2.75, 3.05) is 13.1 Å². The summed E-state index contributed by atoms with van der Waals surface area (Å²) in [7, 11) is 0. The van der Waals surface area contributed by atoms with Gasteiger partial charge in [-0.05, 0) is 18.9 Å². The van der Waals surface area contributed by atoms with E-state index in [9.17, 15) is 15.0 Å². The summed E-state index contributed by atoms with van der Waals surface area (Å²) in [6.45, 7) is 4.59. The maximum atomic E-state index is 12.3. The van der Waals surface area contributed by atoms with Crippen LogP contribution in [0.2, 0.25) is 0 Å². The highest BCUT2D eigenvalue weighted by Crippen LogP contribution is 2.17. The predicted octanol–water partition coefficient (Wildman–Crippen LogP) is 0.858. The van der Waals surface area contributed by atoms with E-state index in [4.69, 9.17) is 0 Å². The second kappa shape index (κ2) is 5.82. The lowest BCUT2D eigenvalue weighted by atomic mass is 10.0. The molecule has 3 atom stereocenters. The van der Waals surface area contributed by atoms with Gasteiger partial charge in [0.05, 0.1) is 18.2 Å². The zero-order valence-corrected chi connectivity index (χ0v) is 11.4. The molecule has 0 aliphatic carbocycles. The van der Waals surface area contributed by atoms with Crippen LogP contribution in [0.4, 0.5) is 0 Å². The highest BCUT2D eigenvalue weighted by Gasteiger charge is 2.34. The van der Waals surface area contributed by atoms with Gasteiger partial charge >= 0.3 is 0 Å². The van der Waals surface area contributed by atoms with Gasteiger partial charge < -0.3 is 10.2 Å². The van der Waals surface area contributed by atoms with Crippen LogP contribution >= 0.6 is 0 Å². The lowest BCUT2D eigenvalue weighted by Gasteiger charge is -2.22. The van der Waals surface area contributed by atoms with E-state index >= 15 is 0 Å². The second-order valence-corrected chi connectivity index (χ2v) is 5.18. The van der Waals surface area contributed by atoms with Crippen molar-refractivity contribution in [2.45, 2.75) is 38.5 Å². The summed E-state index contributed by atoms with van der Waals surface area (Å²) in [5, 5.41) is 19.1. The van der Waals surface area contributed by atoms with Gasteiger partial charge in [-0.2, -0.15) is 0 Å². The van der Waals surface area contributed by atoms with E-state index in [1.54, 1.807) is 0 Å². The van der Waals surface area contributed by atoms with Crippen molar-refractivity contribution in [3.63, 3.8) is 0 Å². The molecule has 4 nitrogen and oxygen atoms in total. The molecule has 0 saturated carbocycles. The van der Waals surface area contributed by atoms with Crippen molar-refractivity contribution in [3.05, 3.63) is 35.4 Å². The molecular weight excluding hydrogens is 242 g/mol. The number of benzene rings is 1. The Bertz CT molecular complexity index is 433. The Labute approximate surface area is 113 Å². The number of nitrogens with zero attached hydrogens (tertiary/aromatic N) is 1. The number of Topliss-reactive ketones (excluding diaryl/α,β-unsaturated/α-hetero) is 1. The lowest BCUT2D eigenvalue weighted by molar-refractivity contribution is 0.0572. The molecule has 19 heavy (non-hydrogen) atoms. The van der Waals surface area contributed by atoms with Gasteiger partial charge in [0.25, 0.3) is 0 Å². The molecule has 1 aromatic rings. The molecule has 1 saturated heterocycles. The van der Waals surface area contributed by atoms with Gasteiger partial charge in [0, 0.05) is 18.7 Å².